The second-order valence-corrected chi connectivity index (χ2v) is 7.01. The van der Waals surface area contributed by atoms with Crippen molar-refractivity contribution in [3.63, 3.8) is 0 Å². The molecule has 124 valence electrons. The minimum atomic E-state index is 0.0258. The molecule has 1 N–H and O–H groups in total. The number of hydrogen-bond donors (Lipinski definition) is 1. The molecule has 0 saturated heterocycles. The molecule has 0 aliphatic carbocycles. The van der Waals surface area contributed by atoms with Crippen LogP contribution in [0.25, 0.3) is 16.7 Å². The van der Waals surface area contributed by atoms with Gasteiger partial charge in [0.05, 0.1) is 16.8 Å². The molecular weight excluding hydrogens is 318 g/mol. The van der Waals surface area contributed by atoms with Gasteiger partial charge in [0.2, 0.25) is 5.91 Å². The first kappa shape index (κ1) is 16.6. The molecular formula is C19H21N3OS. The number of aromatic nitrogens is 2. The minimum absolute atomic E-state index is 0.0258. The molecule has 1 heterocycles. The van der Waals surface area contributed by atoms with Gasteiger partial charge in [-0.1, -0.05) is 36.0 Å². The number of aryl methyl sites for hydroxylation is 1. The molecule has 0 radical (unpaired) electrons. The molecule has 1 aromatic heterocycles. The Bertz CT molecular complexity index is 870. The van der Waals surface area contributed by atoms with Gasteiger partial charge in [-0.3, -0.25) is 9.36 Å². The molecule has 0 atom stereocenters. The topological polar surface area (TPSA) is 46.9 Å². The Hall–Kier alpha value is -2.27. The van der Waals surface area contributed by atoms with Gasteiger partial charge in [-0.05, 0) is 50.6 Å². The van der Waals surface area contributed by atoms with Gasteiger partial charge in [-0.2, -0.15) is 0 Å². The zero-order chi connectivity index (χ0) is 17.1. The van der Waals surface area contributed by atoms with E-state index in [1.54, 1.807) is 0 Å². The Balaban J connectivity index is 1.98. The predicted octanol–water partition coefficient (Wildman–Crippen LogP) is 3.95. The third-order valence-electron chi connectivity index (χ3n) is 3.57. The van der Waals surface area contributed by atoms with E-state index in [0.717, 1.165) is 21.9 Å². The van der Waals surface area contributed by atoms with Crippen molar-refractivity contribution in [3.8, 4) is 5.69 Å². The highest BCUT2D eigenvalue weighted by atomic mass is 32.2. The van der Waals surface area contributed by atoms with Crippen LogP contribution < -0.4 is 5.32 Å². The minimum Gasteiger partial charge on any atom is -0.353 e. The Morgan fingerprint density at radius 3 is 2.75 bits per heavy atom. The van der Waals surface area contributed by atoms with Gasteiger partial charge < -0.3 is 5.32 Å². The summed E-state index contributed by atoms with van der Waals surface area (Å²) in [7, 11) is 0. The van der Waals surface area contributed by atoms with Crippen molar-refractivity contribution in [3.05, 3.63) is 54.1 Å². The summed E-state index contributed by atoms with van der Waals surface area (Å²) in [6.07, 6.45) is 0. The summed E-state index contributed by atoms with van der Waals surface area (Å²) in [6, 6.07) is 16.5. The maximum atomic E-state index is 12.0. The highest BCUT2D eigenvalue weighted by molar-refractivity contribution is 7.99. The monoisotopic (exact) mass is 339 g/mol. The van der Waals surface area contributed by atoms with Gasteiger partial charge in [0.1, 0.15) is 0 Å². The predicted molar refractivity (Wildman–Crippen MR) is 99.8 cm³/mol. The fourth-order valence-electron chi connectivity index (χ4n) is 2.61. The lowest BCUT2D eigenvalue weighted by molar-refractivity contribution is -0.119. The van der Waals surface area contributed by atoms with E-state index in [1.807, 2.05) is 38.1 Å². The number of hydrogen-bond acceptors (Lipinski definition) is 3. The molecule has 2 aromatic carbocycles. The molecule has 0 fully saturated rings. The van der Waals surface area contributed by atoms with E-state index >= 15 is 0 Å². The fourth-order valence-corrected chi connectivity index (χ4v) is 3.45. The average molecular weight is 339 g/mol. The molecule has 0 saturated carbocycles. The highest BCUT2D eigenvalue weighted by Crippen LogP contribution is 2.28. The van der Waals surface area contributed by atoms with Gasteiger partial charge in [0, 0.05) is 11.7 Å². The van der Waals surface area contributed by atoms with Crippen molar-refractivity contribution in [2.24, 2.45) is 0 Å². The zero-order valence-corrected chi connectivity index (χ0v) is 14.9. The summed E-state index contributed by atoms with van der Waals surface area (Å²) in [6.45, 7) is 6.00. The number of rotatable bonds is 5. The number of thioether (sulfide) groups is 1. The normalized spacial score (nSPS) is 11.2. The molecule has 0 bridgehead atoms. The quantitative estimate of drug-likeness (QED) is 0.716. The maximum absolute atomic E-state index is 12.0. The van der Waals surface area contributed by atoms with E-state index in [-0.39, 0.29) is 11.9 Å². The van der Waals surface area contributed by atoms with Gasteiger partial charge in [0.15, 0.2) is 5.16 Å². The van der Waals surface area contributed by atoms with Crippen LogP contribution in [0.2, 0.25) is 0 Å². The summed E-state index contributed by atoms with van der Waals surface area (Å²) in [5.74, 6) is 0.380. The Morgan fingerprint density at radius 2 is 2.00 bits per heavy atom. The Labute approximate surface area is 146 Å². The van der Waals surface area contributed by atoms with E-state index in [2.05, 4.69) is 41.1 Å². The van der Waals surface area contributed by atoms with Crippen LogP contribution in [0.5, 0.6) is 0 Å². The molecule has 0 aliphatic heterocycles. The third-order valence-corrected chi connectivity index (χ3v) is 4.51. The first-order chi connectivity index (χ1) is 11.5. The zero-order valence-electron chi connectivity index (χ0n) is 14.1. The van der Waals surface area contributed by atoms with E-state index in [0.29, 0.717) is 5.75 Å². The number of carbonyl (C=O) groups is 1. The standard InChI is InChI=1S/C19H21N3OS/c1-13(2)20-18(23)12-24-19-21-16-9-4-5-10-17(16)22(19)15-8-6-7-14(3)11-15/h4-11,13H,12H2,1-3H3,(H,20,23). The number of fused-ring (bicyclic) bond motifs is 1. The number of benzene rings is 2. The summed E-state index contributed by atoms with van der Waals surface area (Å²) < 4.78 is 2.12. The Morgan fingerprint density at radius 1 is 1.21 bits per heavy atom. The molecule has 24 heavy (non-hydrogen) atoms. The van der Waals surface area contributed by atoms with Crippen LogP contribution in [0.1, 0.15) is 19.4 Å². The largest absolute Gasteiger partial charge is 0.353 e. The van der Waals surface area contributed by atoms with Crippen molar-refractivity contribution in [1.82, 2.24) is 14.9 Å². The highest BCUT2D eigenvalue weighted by Gasteiger charge is 2.14. The van der Waals surface area contributed by atoms with Crippen LogP contribution in [0.3, 0.4) is 0 Å². The molecule has 0 aliphatic rings. The molecule has 0 spiro atoms. The van der Waals surface area contributed by atoms with Gasteiger partial charge >= 0.3 is 0 Å². The van der Waals surface area contributed by atoms with E-state index in [1.165, 1.54) is 17.3 Å². The van der Waals surface area contributed by atoms with E-state index in [9.17, 15) is 4.79 Å². The molecule has 1 amide bonds. The smallest absolute Gasteiger partial charge is 0.230 e. The second kappa shape index (κ2) is 7.09. The third kappa shape index (κ3) is 3.62. The molecule has 4 nitrogen and oxygen atoms in total. The first-order valence-electron chi connectivity index (χ1n) is 8.01. The number of carbonyl (C=O) groups excluding carboxylic acids is 1. The average Bonchev–Trinajstić information content (AvgIpc) is 2.90. The molecule has 0 unspecified atom stereocenters. The summed E-state index contributed by atoms with van der Waals surface area (Å²) in [5.41, 5.74) is 4.25. The molecule has 3 rings (SSSR count). The number of nitrogens with one attached hydrogen (secondary N) is 1. The van der Waals surface area contributed by atoms with Crippen molar-refractivity contribution >= 4 is 28.7 Å². The first-order valence-corrected chi connectivity index (χ1v) is 9.00. The van der Waals surface area contributed by atoms with Crippen molar-refractivity contribution in [1.29, 1.82) is 0 Å². The number of nitrogens with zero attached hydrogens (tertiary/aromatic N) is 2. The van der Waals surface area contributed by atoms with Crippen LogP contribution in [-0.2, 0) is 4.79 Å². The van der Waals surface area contributed by atoms with Crippen molar-refractivity contribution in [2.75, 3.05) is 5.75 Å². The number of imidazole rings is 1. The van der Waals surface area contributed by atoms with E-state index < -0.39 is 0 Å². The van der Waals surface area contributed by atoms with Gasteiger partial charge in [-0.25, -0.2) is 4.98 Å². The summed E-state index contributed by atoms with van der Waals surface area (Å²) in [4.78, 5) is 16.7. The van der Waals surface area contributed by atoms with E-state index in [4.69, 9.17) is 4.98 Å². The van der Waals surface area contributed by atoms with Crippen molar-refractivity contribution < 1.29 is 4.79 Å². The van der Waals surface area contributed by atoms with Crippen LogP contribution in [-0.4, -0.2) is 27.3 Å². The van der Waals surface area contributed by atoms with Crippen molar-refractivity contribution in [2.45, 2.75) is 32.0 Å². The fraction of sp³-hybridized carbons (Fsp3) is 0.263. The maximum Gasteiger partial charge on any atom is 0.230 e. The van der Waals surface area contributed by atoms with Gasteiger partial charge in [-0.15, -0.1) is 0 Å². The van der Waals surface area contributed by atoms with Crippen LogP contribution >= 0.6 is 11.8 Å². The lowest BCUT2D eigenvalue weighted by Gasteiger charge is -2.11. The molecule has 5 heteroatoms. The Kier molecular flexibility index (Phi) is 4.90. The summed E-state index contributed by atoms with van der Waals surface area (Å²) in [5, 5.41) is 3.75. The molecule has 3 aromatic rings. The number of para-hydroxylation sites is 2. The SMILES string of the molecule is Cc1cccc(-n2c(SCC(=O)NC(C)C)nc3ccccc32)c1. The summed E-state index contributed by atoms with van der Waals surface area (Å²) >= 11 is 1.46. The van der Waals surface area contributed by atoms with Crippen LogP contribution in [0.4, 0.5) is 0 Å². The lowest BCUT2D eigenvalue weighted by atomic mass is 10.2. The number of amides is 1. The van der Waals surface area contributed by atoms with Gasteiger partial charge in [0.25, 0.3) is 0 Å². The van der Waals surface area contributed by atoms with Crippen LogP contribution in [0.15, 0.2) is 53.7 Å². The van der Waals surface area contributed by atoms with Crippen LogP contribution in [0, 0.1) is 6.92 Å². The lowest BCUT2D eigenvalue weighted by Crippen LogP contribution is -2.31. The second-order valence-electron chi connectivity index (χ2n) is 6.07.